The number of rotatable bonds is 18. The molecule has 1 unspecified atom stereocenters. The lowest BCUT2D eigenvalue weighted by Gasteiger charge is -2.45. The Kier molecular flexibility index (Phi) is 29.3. The van der Waals surface area contributed by atoms with Crippen LogP contribution in [-0.4, -0.2) is 239 Å². The largest absolute Gasteiger partial charge is 0.483 e. The average Bonchev–Trinajstić information content (AvgIpc) is 3.39. The van der Waals surface area contributed by atoms with E-state index in [4.69, 9.17) is 71.6 Å². The summed E-state index contributed by atoms with van der Waals surface area (Å²) in [6.45, 7) is 30.4. The van der Waals surface area contributed by atoms with Gasteiger partial charge in [-0.2, -0.15) is 0 Å². The molecule has 0 aromatic heterocycles. The van der Waals surface area contributed by atoms with Crippen molar-refractivity contribution in [1.29, 1.82) is 0 Å². The smallest absolute Gasteiger partial charge is 0.408 e. The first kappa shape index (κ1) is 73.8. The first-order valence-corrected chi connectivity index (χ1v) is 30.3. The highest BCUT2D eigenvalue weighted by Crippen LogP contribution is 2.41. The lowest BCUT2D eigenvalue weighted by molar-refractivity contribution is -0.305. The number of amides is 1. The molecule has 0 aromatic rings. The van der Waals surface area contributed by atoms with Crippen LogP contribution in [0.25, 0.3) is 0 Å². The highest BCUT2D eigenvalue weighted by molar-refractivity contribution is 5.92. The first-order valence-electron chi connectivity index (χ1n) is 30.3. The molecule has 492 valence electrons. The lowest BCUT2D eigenvalue weighted by atomic mass is 9.74. The number of carbonyl (C=O) groups is 5. The van der Waals surface area contributed by atoms with Crippen molar-refractivity contribution in [3.63, 3.8) is 0 Å². The van der Waals surface area contributed by atoms with Crippen LogP contribution in [0.15, 0.2) is 5.16 Å². The zero-order chi connectivity index (χ0) is 63.8. The maximum absolute atomic E-state index is 16.0. The number of ether oxygens (including phenoxy) is 12. The number of nitrogens with zero attached hydrogens (tertiary/aromatic N) is 3. The summed E-state index contributed by atoms with van der Waals surface area (Å²) in [6, 6.07) is 0.0105. The fourth-order valence-electron chi connectivity index (χ4n) is 12.6. The Bertz CT molecular complexity index is 2120. The average molecular weight is 1220 g/mol. The number of aliphatic hydroxyl groups is 2. The molecule has 0 bridgehead atoms. The zero-order valence-corrected chi connectivity index (χ0v) is 54.1. The van der Waals surface area contributed by atoms with Crippen molar-refractivity contribution >= 4 is 36.0 Å². The SMILES string of the molecule is CO/N=C1\C[C@@H](C)O[C@@H](O[C@@H]2[C@@H](C)[C@H](O[C@H]3CC(C)N(C)C[C@H](C)O3)[C@@H](C)C(=O)O[C@H]([C@@H](C)CO[C@@H]3O[C@H](C)[C@@H](O)[C@@H](OC)[C@H]3OC)[C@H](C)[C@@H](OC(=O)CC(C)C)[C@@H](C)C(=O)[C@@](C)(OC(=O)NC(C)(C)CN3CCOCC3)C[C@@H]2C)[C@@H]1O.O=CO. The van der Waals surface area contributed by atoms with Crippen LogP contribution in [-0.2, 0) is 80.9 Å². The van der Waals surface area contributed by atoms with Crippen LogP contribution >= 0.6 is 0 Å². The van der Waals surface area contributed by atoms with Gasteiger partial charge in [0.05, 0.1) is 73.4 Å². The van der Waals surface area contributed by atoms with E-state index in [9.17, 15) is 19.8 Å². The van der Waals surface area contributed by atoms with Gasteiger partial charge in [0.2, 0.25) is 0 Å². The number of hydrogen-bond donors (Lipinski definition) is 4. The molecule has 25 heteroatoms. The number of carbonyl (C=O) groups excluding carboxylic acids is 4. The summed E-state index contributed by atoms with van der Waals surface area (Å²) in [7, 11) is 6.32. The number of Topliss-reactive ketones (excluding diaryl/α,β-unsaturated/α-hetero) is 1. The van der Waals surface area contributed by atoms with Crippen molar-refractivity contribution in [3.05, 3.63) is 0 Å². The fourth-order valence-corrected chi connectivity index (χ4v) is 12.6. The Morgan fingerprint density at radius 2 is 1.48 bits per heavy atom. The lowest BCUT2D eigenvalue weighted by Crippen LogP contribution is -2.59. The molecule has 25 nitrogen and oxygen atoms in total. The first-order chi connectivity index (χ1) is 39.8. The van der Waals surface area contributed by atoms with Gasteiger partial charge in [-0.05, 0) is 80.7 Å². The van der Waals surface area contributed by atoms with Gasteiger partial charge in [0.15, 0.2) is 30.3 Å². The number of cyclic esters (lactones) is 1. The summed E-state index contributed by atoms with van der Waals surface area (Å²) in [5.41, 5.74) is -2.51. The third-order valence-corrected chi connectivity index (χ3v) is 17.1. The predicted molar refractivity (Wildman–Crippen MR) is 310 cm³/mol. The summed E-state index contributed by atoms with van der Waals surface area (Å²) < 4.78 is 76.4. The van der Waals surface area contributed by atoms with E-state index in [0.29, 0.717) is 51.5 Å². The molecule has 5 saturated heterocycles. The Morgan fingerprint density at radius 1 is 0.847 bits per heavy atom. The van der Waals surface area contributed by atoms with Crippen molar-refractivity contribution in [2.24, 2.45) is 46.6 Å². The molecule has 0 aromatic carbocycles. The Balaban J connectivity index is 0.00000505. The molecule has 5 aliphatic rings. The van der Waals surface area contributed by atoms with Gasteiger partial charge < -0.3 is 87.2 Å². The highest BCUT2D eigenvalue weighted by Gasteiger charge is 2.53. The quantitative estimate of drug-likeness (QED) is 0.0619. The maximum Gasteiger partial charge on any atom is 0.408 e. The van der Waals surface area contributed by atoms with Crippen LogP contribution in [0.1, 0.15) is 130 Å². The van der Waals surface area contributed by atoms with Gasteiger partial charge in [-0.3, -0.25) is 24.1 Å². The summed E-state index contributed by atoms with van der Waals surface area (Å²) >= 11 is 0. The molecule has 1 amide bonds. The number of nitrogens with one attached hydrogen (secondary N) is 1. The van der Waals surface area contributed by atoms with Crippen LogP contribution in [0, 0.1) is 41.4 Å². The number of oxime groups is 1. The molecule has 5 rings (SSSR count). The standard InChI is InChI=1S/C59H104N4O19.CH2O2/c1-31(2)24-43(64)78-49-38(9)48(33(4)29-74-56-52(71-18)51(70-17)45(65)41(12)77-56)80-54(68)40(11)50(79-44-25-34(5)62(16)28-36(7)75-44)37(8)47(81-55-46(66)42(61-72-19)26-35(6)76-55)32(3)27-59(15,53(67)39(49)10)82-57(69)60-58(13,14)30-63-20-22-73-23-21-63;2-1-3/h31-41,44-52,55-56,65-66H,20-30H2,1-19H3,(H,60,69);1H,(H,2,3)/b61-42+;/t32-,33-,34?,35+,36-,37+,38-,39+,40+,41+,44-,45+,46+,47-,48+,49+,50-,51+,52+,55-,56+,59-;/m0./s1. The molecule has 0 aliphatic carbocycles. The van der Waals surface area contributed by atoms with Gasteiger partial charge >= 0.3 is 18.0 Å². The minimum absolute atomic E-state index is 0.00848. The zero-order valence-electron chi connectivity index (χ0n) is 54.1. The Hall–Kier alpha value is -3.70. The Labute approximate surface area is 504 Å². The number of aliphatic hydroxyl groups excluding tert-OH is 2. The normalized spacial score (nSPS) is 38.8. The second-order valence-electron chi connectivity index (χ2n) is 25.7. The van der Waals surface area contributed by atoms with E-state index in [1.54, 1.807) is 34.6 Å². The summed E-state index contributed by atoms with van der Waals surface area (Å²) in [4.78, 5) is 78.1. The minimum Gasteiger partial charge on any atom is -0.483 e. The monoisotopic (exact) mass is 1220 g/mol. The van der Waals surface area contributed by atoms with Crippen LogP contribution in [0.4, 0.5) is 4.79 Å². The van der Waals surface area contributed by atoms with Crippen LogP contribution in [0.5, 0.6) is 0 Å². The van der Waals surface area contributed by atoms with Crippen LogP contribution in [0.3, 0.4) is 0 Å². The third kappa shape index (κ3) is 20.7. The molecule has 22 atom stereocenters. The van der Waals surface area contributed by atoms with Crippen molar-refractivity contribution < 1.29 is 101 Å². The number of carboxylic acid groups (broad SMARTS) is 1. The summed E-state index contributed by atoms with van der Waals surface area (Å²) in [5.74, 6) is -7.39. The molecule has 85 heavy (non-hydrogen) atoms. The van der Waals surface area contributed by atoms with Crippen LogP contribution < -0.4 is 5.32 Å². The van der Waals surface area contributed by atoms with Crippen molar-refractivity contribution in [3.8, 4) is 0 Å². The molecule has 0 spiro atoms. The number of esters is 2. The number of methoxy groups -OCH3 is 2. The van der Waals surface area contributed by atoms with Gasteiger partial charge in [-0.15, -0.1) is 0 Å². The number of hydrogen-bond acceptors (Lipinski definition) is 23. The van der Waals surface area contributed by atoms with E-state index in [2.05, 4.69) is 27.2 Å². The summed E-state index contributed by atoms with van der Waals surface area (Å²) in [5, 5.41) is 36.9. The molecule has 5 fully saturated rings. The van der Waals surface area contributed by atoms with E-state index in [1.165, 1.54) is 21.3 Å². The highest BCUT2D eigenvalue weighted by atomic mass is 16.7. The Morgan fingerprint density at radius 3 is 2.08 bits per heavy atom. The fraction of sp³-hybridized carbons (Fsp3) is 0.900. The molecule has 5 aliphatic heterocycles. The molecule has 0 radical (unpaired) electrons. The molecule has 4 N–H and O–H groups in total. The second-order valence-corrected chi connectivity index (χ2v) is 25.7. The molecular formula is C60H106N4O21. The van der Waals surface area contributed by atoms with E-state index < -0.39 is 150 Å². The summed E-state index contributed by atoms with van der Waals surface area (Å²) in [6.07, 6.45) is -13.5. The van der Waals surface area contributed by atoms with Crippen molar-refractivity contribution in [2.75, 3.05) is 74.4 Å². The van der Waals surface area contributed by atoms with E-state index in [-0.39, 0.29) is 50.4 Å². The molecule has 0 saturated carbocycles. The number of morpholine rings is 1. The van der Waals surface area contributed by atoms with Gasteiger partial charge in [0, 0.05) is 83.5 Å². The van der Waals surface area contributed by atoms with Gasteiger partial charge in [0.1, 0.15) is 43.7 Å². The van der Waals surface area contributed by atoms with Gasteiger partial charge in [0.25, 0.3) is 6.47 Å². The van der Waals surface area contributed by atoms with Gasteiger partial charge in [-0.1, -0.05) is 53.6 Å². The molecular weight excluding hydrogens is 1110 g/mol. The second kappa shape index (κ2) is 33.8. The van der Waals surface area contributed by atoms with E-state index in [0.717, 1.165) is 0 Å². The van der Waals surface area contributed by atoms with Gasteiger partial charge in [-0.25, -0.2) is 4.79 Å². The third-order valence-electron chi connectivity index (χ3n) is 17.1. The van der Waals surface area contributed by atoms with E-state index in [1.807, 2.05) is 69.4 Å². The number of likely N-dealkylation sites (N-methyl/N-ethyl adjacent to an activating group) is 1. The minimum atomic E-state index is -1.97. The maximum atomic E-state index is 16.0. The topological polar surface area (TPSA) is 297 Å². The molecule has 5 heterocycles. The van der Waals surface area contributed by atoms with Crippen molar-refractivity contribution in [1.82, 2.24) is 15.1 Å². The van der Waals surface area contributed by atoms with E-state index >= 15 is 9.59 Å². The number of alkyl carbamates (subject to hydrolysis) is 1. The van der Waals surface area contributed by atoms with Crippen molar-refractivity contribution in [2.45, 2.75) is 233 Å². The predicted octanol–water partition coefficient (Wildman–Crippen LogP) is 4.82. The van der Waals surface area contributed by atoms with Crippen LogP contribution in [0.2, 0.25) is 0 Å². The number of ketones is 1.